The first kappa shape index (κ1) is 8.49. The van der Waals surface area contributed by atoms with Gasteiger partial charge in [-0.05, 0) is 0 Å². The van der Waals surface area contributed by atoms with Crippen molar-refractivity contribution >= 4 is 5.91 Å². The molecule has 4 heteroatoms. The van der Waals surface area contributed by atoms with Crippen LogP contribution < -0.4 is 5.73 Å². The number of rotatable bonds is 2. The van der Waals surface area contributed by atoms with E-state index in [1.807, 2.05) is 0 Å². The van der Waals surface area contributed by atoms with Crippen LogP contribution in [0.1, 0.15) is 12.8 Å². The van der Waals surface area contributed by atoms with Crippen molar-refractivity contribution in [1.29, 1.82) is 0 Å². The van der Waals surface area contributed by atoms with Gasteiger partial charge in [-0.2, -0.15) is 0 Å². The lowest BCUT2D eigenvalue weighted by Gasteiger charge is -2.32. The Bertz CT molecular complexity index is 152. The van der Waals surface area contributed by atoms with Gasteiger partial charge in [0.2, 0.25) is 5.91 Å². The van der Waals surface area contributed by atoms with Gasteiger partial charge in [-0.25, -0.2) is 0 Å². The molecular weight excluding hydrogens is 146 g/mol. The Hall–Kier alpha value is -0.610. The van der Waals surface area contributed by atoms with E-state index in [2.05, 4.69) is 0 Å². The molecule has 1 aliphatic rings. The van der Waals surface area contributed by atoms with Gasteiger partial charge in [-0.3, -0.25) is 4.79 Å². The Labute approximate surface area is 65.7 Å². The topological polar surface area (TPSA) is 61.5 Å². The van der Waals surface area contributed by atoms with Crippen LogP contribution in [-0.4, -0.2) is 31.8 Å². The van der Waals surface area contributed by atoms with Crippen LogP contribution in [0, 0.1) is 0 Å². The van der Waals surface area contributed by atoms with Gasteiger partial charge in [-0.15, -0.1) is 0 Å². The first-order valence-electron chi connectivity index (χ1n) is 3.64. The summed E-state index contributed by atoms with van der Waals surface area (Å²) in [4.78, 5) is 10.9. The van der Waals surface area contributed by atoms with E-state index in [1.54, 1.807) is 0 Å². The fraction of sp³-hybridized carbons (Fsp3) is 0.857. The van der Waals surface area contributed by atoms with E-state index in [4.69, 9.17) is 15.2 Å². The standard InChI is InChI=1S/C7H13NO3/c1-10-7(6(8)9)2-4-11-5-3-7/h2-5H2,1H3,(H2,8,9). The third kappa shape index (κ3) is 1.52. The number of methoxy groups -OCH3 is 1. The fourth-order valence-electron chi connectivity index (χ4n) is 1.25. The summed E-state index contributed by atoms with van der Waals surface area (Å²) >= 11 is 0. The maximum absolute atomic E-state index is 10.9. The smallest absolute Gasteiger partial charge is 0.249 e. The van der Waals surface area contributed by atoms with Crippen LogP contribution in [0.25, 0.3) is 0 Å². The molecule has 1 fully saturated rings. The fourth-order valence-corrected chi connectivity index (χ4v) is 1.25. The molecule has 0 aromatic rings. The highest BCUT2D eigenvalue weighted by Gasteiger charge is 2.38. The second-order valence-electron chi connectivity index (χ2n) is 2.68. The zero-order valence-electron chi connectivity index (χ0n) is 6.63. The molecule has 0 atom stereocenters. The molecule has 1 saturated heterocycles. The molecule has 4 nitrogen and oxygen atoms in total. The summed E-state index contributed by atoms with van der Waals surface area (Å²) in [7, 11) is 1.51. The summed E-state index contributed by atoms with van der Waals surface area (Å²) in [6.45, 7) is 1.10. The number of ether oxygens (including phenoxy) is 2. The van der Waals surface area contributed by atoms with Gasteiger partial charge < -0.3 is 15.2 Å². The van der Waals surface area contributed by atoms with Gasteiger partial charge in [0.15, 0.2) is 0 Å². The number of hydrogen-bond acceptors (Lipinski definition) is 3. The van der Waals surface area contributed by atoms with Gasteiger partial charge in [0.1, 0.15) is 5.60 Å². The van der Waals surface area contributed by atoms with Crippen LogP contribution in [0.3, 0.4) is 0 Å². The van der Waals surface area contributed by atoms with E-state index >= 15 is 0 Å². The van der Waals surface area contributed by atoms with Crippen molar-refractivity contribution in [2.45, 2.75) is 18.4 Å². The maximum atomic E-state index is 10.9. The van der Waals surface area contributed by atoms with Crippen molar-refractivity contribution in [3.63, 3.8) is 0 Å². The predicted octanol–water partition coefficient (Wildman–Crippen LogP) is -0.333. The lowest BCUT2D eigenvalue weighted by molar-refractivity contribution is -0.151. The highest BCUT2D eigenvalue weighted by molar-refractivity contribution is 5.83. The molecule has 1 rings (SSSR count). The monoisotopic (exact) mass is 159 g/mol. The lowest BCUT2D eigenvalue weighted by Crippen LogP contribution is -2.49. The Morgan fingerprint density at radius 2 is 2.09 bits per heavy atom. The molecule has 0 spiro atoms. The zero-order valence-corrected chi connectivity index (χ0v) is 6.63. The molecule has 64 valence electrons. The molecule has 0 aromatic heterocycles. The minimum atomic E-state index is -0.766. The van der Waals surface area contributed by atoms with Crippen LogP contribution in [0.15, 0.2) is 0 Å². The average molecular weight is 159 g/mol. The predicted molar refractivity (Wildman–Crippen MR) is 39.0 cm³/mol. The van der Waals surface area contributed by atoms with Crippen LogP contribution >= 0.6 is 0 Å². The number of hydrogen-bond donors (Lipinski definition) is 1. The molecule has 0 aromatic carbocycles. The third-order valence-corrected chi connectivity index (χ3v) is 2.14. The van der Waals surface area contributed by atoms with Gasteiger partial charge in [0.05, 0.1) is 0 Å². The van der Waals surface area contributed by atoms with Crippen LogP contribution in [0.2, 0.25) is 0 Å². The molecule has 0 radical (unpaired) electrons. The van der Waals surface area contributed by atoms with Gasteiger partial charge in [0, 0.05) is 33.2 Å². The summed E-state index contributed by atoms with van der Waals surface area (Å²) in [5.74, 6) is -0.386. The number of primary amides is 1. The van der Waals surface area contributed by atoms with Gasteiger partial charge in [-0.1, -0.05) is 0 Å². The molecule has 1 aliphatic heterocycles. The normalized spacial score (nSPS) is 23.0. The van der Waals surface area contributed by atoms with Crippen LogP contribution in [-0.2, 0) is 14.3 Å². The van der Waals surface area contributed by atoms with Gasteiger partial charge >= 0.3 is 0 Å². The Kier molecular flexibility index (Phi) is 2.46. The molecule has 1 heterocycles. The quantitative estimate of drug-likeness (QED) is 0.600. The second kappa shape index (κ2) is 3.19. The summed E-state index contributed by atoms with van der Waals surface area (Å²) in [5, 5.41) is 0. The van der Waals surface area contributed by atoms with Crippen molar-refractivity contribution in [3.8, 4) is 0 Å². The van der Waals surface area contributed by atoms with Crippen molar-refractivity contribution in [1.82, 2.24) is 0 Å². The summed E-state index contributed by atoms with van der Waals surface area (Å²) < 4.78 is 10.2. The molecule has 1 amide bonds. The number of carbonyl (C=O) groups excluding carboxylic acids is 1. The SMILES string of the molecule is COC1(C(N)=O)CCOCC1. The van der Waals surface area contributed by atoms with E-state index in [-0.39, 0.29) is 5.91 Å². The Balaban J connectivity index is 2.64. The van der Waals surface area contributed by atoms with Crippen molar-refractivity contribution < 1.29 is 14.3 Å². The van der Waals surface area contributed by atoms with Crippen LogP contribution in [0.5, 0.6) is 0 Å². The van der Waals surface area contributed by atoms with E-state index in [0.29, 0.717) is 26.1 Å². The number of nitrogens with two attached hydrogens (primary N) is 1. The minimum Gasteiger partial charge on any atom is -0.381 e. The van der Waals surface area contributed by atoms with E-state index in [0.717, 1.165) is 0 Å². The molecule has 0 aliphatic carbocycles. The molecule has 0 saturated carbocycles. The number of carbonyl (C=O) groups is 1. The Morgan fingerprint density at radius 3 is 2.36 bits per heavy atom. The maximum Gasteiger partial charge on any atom is 0.249 e. The highest BCUT2D eigenvalue weighted by Crippen LogP contribution is 2.23. The number of amides is 1. The van der Waals surface area contributed by atoms with E-state index in [1.165, 1.54) is 7.11 Å². The van der Waals surface area contributed by atoms with Crippen molar-refractivity contribution in [2.24, 2.45) is 5.73 Å². The lowest BCUT2D eigenvalue weighted by atomic mass is 9.93. The molecule has 0 unspecified atom stereocenters. The first-order valence-corrected chi connectivity index (χ1v) is 3.64. The summed E-state index contributed by atoms with van der Waals surface area (Å²) in [6.07, 6.45) is 1.14. The first-order chi connectivity index (χ1) is 5.21. The summed E-state index contributed by atoms with van der Waals surface area (Å²) in [6, 6.07) is 0. The molecular formula is C7H13NO3. The Morgan fingerprint density at radius 1 is 1.55 bits per heavy atom. The largest absolute Gasteiger partial charge is 0.381 e. The molecule has 2 N–H and O–H groups in total. The third-order valence-electron chi connectivity index (χ3n) is 2.14. The summed E-state index contributed by atoms with van der Waals surface area (Å²) in [5.41, 5.74) is 4.43. The molecule has 0 bridgehead atoms. The zero-order chi connectivity index (χ0) is 8.32. The second-order valence-corrected chi connectivity index (χ2v) is 2.68. The average Bonchev–Trinajstić information content (AvgIpc) is 2.05. The van der Waals surface area contributed by atoms with E-state index in [9.17, 15) is 4.79 Å². The van der Waals surface area contributed by atoms with Gasteiger partial charge in [0.25, 0.3) is 0 Å². The van der Waals surface area contributed by atoms with Crippen molar-refractivity contribution in [2.75, 3.05) is 20.3 Å². The van der Waals surface area contributed by atoms with E-state index < -0.39 is 5.60 Å². The molecule has 11 heavy (non-hydrogen) atoms. The highest BCUT2D eigenvalue weighted by atomic mass is 16.5. The van der Waals surface area contributed by atoms with Crippen molar-refractivity contribution in [3.05, 3.63) is 0 Å². The van der Waals surface area contributed by atoms with Crippen LogP contribution in [0.4, 0.5) is 0 Å². The minimum absolute atomic E-state index is 0.386.